The summed E-state index contributed by atoms with van der Waals surface area (Å²) in [5.74, 6) is 1.38. The van der Waals surface area contributed by atoms with Gasteiger partial charge >= 0.3 is 0 Å². The molecule has 1 aromatic heterocycles. The van der Waals surface area contributed by atoms with Crippen LogP contribution < -0.4 is 10.1 Å². The van der Waals surface area contributed by atoms with Gasteiger partial charge in [0.05, 0.1) is 19.3 Å². The summed E-state index contributed by atoms with van der Waals surface area (Å²) < 4.78 is 5.52. The molecule has 1 N–H and O–H groups in total. The molecule has 2 fully saturated rings. The van der Waals surface area contributed by atoms with Gasteiger partial charge in [0.2, 0.25) is 5.91 Å². The highest BCUT2D eigenvalue weighted by atomic mass is 16.5. The van der Waals surface area contributed by atoms with E-state index in [1.165, 1.54) is 19.3 Å². The molecule has 1 saturated carbocycles. The fraction of sp³-hybridized carbons (Fsp3) is 0.520. The molecule has 1 saturated heterocycles. The van der Waals surface area contributed by atoms with Crippen LogP contribution in [0, 0.1) is 0 Å². The third-order valence-electron chi connectivity index (χ3n) is 6.41. The molecule has 0 spiro atoms. The van der Waals surface area contributed by atoms with Gasteiger partial charge in [-0.05, 0) is 56.5 Å². The molecule has 2 aliphatic rings. The first-order chi connectivity index (χ1) is 14.7. The van der Waals surface area contributed by atoms with Crippen molar-refractivity contribution in [2.75, 3.05) is 26.7 Å². The molecular formula is C25H33N3O2. The number of amides is 1. The first-order valence-corrected chi connectivity index (χ1v) is 11.3. The highest BCUT2D eigenvalue weighted by Crippen LogP contribution is 2.31. The van der Waals surface area contributed by atoms with Crippen molar-refractivity contribution in [2.45, 2.75) is 56.9 Å². The van der Waals surface area contributed by atoms with Gasteiger partial charge in [-0.25, -0.2) is 0 Å². The van der Waals surface area contributed by atoms with Gasteiger partial charge in [-0.15, -0.1) is 0 Å². The largest absolute Gasteiger partial charge is 0.496 e. The maximum atomic E-state index is 12.6. The van der Waals surface area contributed by atoms with Crippen molar-refractivity contribution in [3.63, 3.8) is 0 Å². The lowest BCUT2D eigenvalue weighted by Gasteiger charge is -2.33. The van der Waals surface area contributed by atoms with E-state index in [-0.39, 0.29) is 5.91 Å². The minimum absolute atomic E-state index is 0.179. The lowest BCUT2D eigenvalue weighted by atomic mass is 9.93. The standard InChI is InChI=1S/C25H33N3O2/c1-30-24-15-6-5-12-21(24)23-14-7-13-22(27-23)19-9-8-16-28(17-19)18-25(29)26-20-10-3-2-4-11-20/h5-7,12-15,19-20H,2-4,8-11,16-18H2,1H3,(H,26,29)/t19-/m1/s1. The Labute approximate surface area is 179 Å². The van der Waals surface area contributed by atoms with Crippen LogP contribution in [0.2, 0.25) is 0 Å². The fourth-order valence-corrected chi connectivity index (χ4v) is 4.85. The first-order valence-electron chi connectivity index (χ1n) is 11.3. The molecule has 5 heteroatoms. The van der Waals surface area contributed by atoms with E-state index in [1.54, 1.807) is 7.11 Å². The predicted octanol–water partition coefficient (Wildman–Crippen LogP) is 4.39. The predicted molar refractivity (Wildman–Crippen MR) is 120 cm³/mol. The molecule has 0 radical (unpaired) electrons. The second-order valence-electron chi connectivity index (χ2n) is 8.62. The Morgan fingerprint density at radius 1 is 1.07 bits per heavy atom. The third kappa shape index (κ3) is 5.20. The van der Waals surface area contributed by atoms with Crippen molar-refractivity contribution < 1.29 is 9.53 Å². The van der Waals surface area contributed by atoms with E-state index in [1.807, 2.05) is 30.3 Å². The van der Waals surface area contributed by atoms with Gasteiger partial charge in [-0.3, -0.25) is 14.7 Å². The van der Waals surface area contributed by atoms with Crippen LogP contribution in [0.1, 0.15) is 56.6 Å². The first kappa shape index (κ1) is 20.9. The van der Waals surface area contributed by atoms with E-state index < -0.39 is 0 Å². The topological polar surface area (TPSA) is 54.5 Å². The number of piperidine rings is 1. The van der Waals surface area contributed by atoms with Crippen LogP contribution in [-0.2, 0) is 4.79 Å². The number of carbonyl (C=O) groups excluding carboxylic acids is 1. The van der Waals surface area contributed by atoms with Gasteiger partial charge in [0.25, 0.3) is 0 Å². The average molecular weight is 408 g/mol. The number of carbonyl (C=O) groups is 1. The number of likely N-dealkylation sites (tertiary alicyclic amines) is 1. The van der Waals surface area contributed by atoms with Crippen LogP contribution in [-0.4, -0.2) is 48.6 Å². The van der Waals surface area contributed by atoms with E-state index in [0.717, 1.165) is 61.5 Å². The maximum absolute atomic E-state index is 12.6. The van der Waals surface area contributed by atoms with Crippen molar-refractivity contribution in [3.8, 4) is 17.0 Å². The molecule has 5 nitrogen and oxygen atoms in total. The normalized spacial score (nSPS) is 20.6. The molecule has 1 aliphatic heterocycles. The maximum Gasteiger partial charge on any atom is 0.234 e. The molecule has 2 aromatic rings. The van der Waals surface area contributed by atoms with Crippen LogP contribution in [0.4, 0.5) is 0 Å². The Hall–Kier alpha value is -2.40. The smallest absolute Gasteiger partial charge is 0.234 e. The van der Waals surface area contributed by atoms with Gasteiger partial charge < -0.3 is 10.1 Å². The second kappa shape index (κ2) is 10.1. The van der Waals surface area contributed by atoms with E-state index in [0.29, 0.717) is 18.5 Å². The van der Waals surface area contributed by atoms with Crippen molar-refractivity contribution in [1.29, 1.82) is 0 Å². The molecule has 160 valence electrons. The molecule has 1 amide bonds. The summed E-state index contributed by atoms with van der Waals surface area (Å²) in [6.45, 7) is 2.38. The lowest BCUT2D eigenvalue weighted by Crippen LogP contribution is -2.45. The Kier molecular flexibility index (Phi) is 7.00. The Bertz CT molecular complexity index is 848. The van der Waals surface area contributed by atoms with Gasteiger partial charge in [0.15, 0.2) is 0 Å². The molecule has 1 aliphatic carbocycles. The molecule has 2 heterocycles. The fourth-order valence-electron chi connectivity index (χ4n) is 4.85. The summed E-state index contributed by atoms with van der Waals surface area (Å²) >= 11 is 0. The van der Waals surface area contributed by atoms with E-state index >= 15 is 0 Å². The van der Waals surface area contributed by atoms with Gasteiger partial charge in [-0.1, -0.05) is 37.5 Å². The summed E-state index contributed by atoms with van der Waals surface area (Å²) in [4.78, 5) is 19.8. The minimum Gasteiger partial charge on any atom is -0.496 e. The number of nitrogens with one attached hydrogen (secondary N) is 1. The summed E-state index contributed by atoms with van der Waals surface area (Å²) in [5, 5.41) is 3.25. The van der Waals surface area contributed by atoms with Crippen LogP contribution in [0.5, 0.6) is 5.75 Å². The van der Waals surface area contributed by atoms with Gasteiger partial charge in [-0.2, -0.15) is 0 Å². The van der Waals surface area contributed by atoms with Crippen molar-refractivity contribution in [1.82, 2.24) is 15.2 Å². The van der Waals surface area contributed by atoms with Crippen LogP contribution in [0.25, 0.3) is 11.3 Å². The van der Waals surface area contributed by atoms with E-state index in [4.69, 9.17) is 9.72 Å². The second-order valence-corrected chi connectivity index (χ2v) is 8.62. The van der Waals surface area contributed by atoms with Crippen LogP contribution in [0.3, 0.4) is 0 Å². The molecule has 1 atom stereocenters. The van der Waals surface area contributed by atoms with Crippen molar-refractivity contribution >= 4 is 5.91 Å². The van der Waals surface area contributed by atoms with Gasteiger partial charge in [0.1, 0.15) is 5.75 Å². The highest BCUT2D eigenvalue weighted by molar-refractivity contribution is 5.78. The lowest BCUT2D eigenvalue weighted by molar-refractivity contribution is -0.123. The zero-order chi connectivity index (χ0) is 20.8. The summed E-state index contributed by atoms with van der Waals surface area (Å²) in [5.41, 5.74) is 3.06. The average Bonchev–Trinajstić information content (AvgIpc) is 2.80. The Balaban J connectivity index is 1.40. The van der Waals surface area contributed by atoms with E-state index in [9.17, 15) is 4.79 Å². The number of para-hydroxylation sites is 1. The molecule has 0 unspecified atom stereocenters. The number of nitrogens with zero attached hydrogens (tertiary/aromatic N) is 2. The SMILES string of the molecule is COc1ccccc1-c1cccc([C@@H]2CCCN(CC(=O)NC3CCCCC3)C2)n1. The zero-order valence-electron chi connectivity index (χ0n) is 18.0. The molecular weight excluding hydrogens is 374 g/mol. The molecule has 30 heavy (non-hydrogen) atoms. The van der Waals surface area contributed by atoms with E-state index in [2.05, 4.69) is 22.3 Å². The number of methoxy groups -OCH3 is 1. The van der Waals surface area contributed by atoms with Gasteiger partial charge in [0, 0.05) is 29.8 Å². The zero-order valence-corrected chi connectivity index (χ0v) is 18.0. The monoisotopic (exact) mass is 407 g/mol. The third-order valence-corrected chi connectivity index (χ3v) is 6.41. The number of rotatable bonds is 6. The number of benzene rings is 1. The highest BCUT2D eigenvalue weighted by Gasteiger charge is 2.25. The number of aromatic nitrogens is 1. The molecule has 1 aromatic carbocycles. The summed E-state index contributed by atoms with van der Waals surface area (Å²) in [7, 11) is 1.69. The van der Waals surface area contributed by atoms with Crippen LogP contribution >= 0.6 is 0 Å². The Morgan fingerprint density at radius 3 is 2.73 bits per heavy atom. The quantitative estimate of drug-likeness (QED) is 0.772. The summed E-state index contributed by atoms with van der Waals surface area (Å²) in [6.07, 6.45) is 8.27. The number of hydrogen-bond donors (Lipinski definition) is 1. The Morgan fingerprint density at radius 2 is 1.90 bits per heavy atom. The van der Waals surface area contributed by atoms with Crippen molar-refractivity contribution in [3.05, 3.63) is 48.2 Å². The summed E-state index contributed by atoms with van der Waals surface area (Å²) in [6, 6.07) is 14.6. The number of ether oxygens (including phenoxy) is 1. The number of pyridine rings is 1. The van der Waals surface area contributed by atoms with Crippen molar-refractivity contribution in [2.24, 2.45) is 0 Å². The number of hydrogen-bond acceptors (Lipinski definition) is 4. The molecule has 0 bridgehead atoms. The van der Waals surface area contributed by atoms with Crippen LogP contribution in [0.15, 0.2) is 42.5 Å². The molecule has 4 rings (SSSR count). The minimum atomic E-state index is 0.179.